The summed E-state index contributed by atoms with van der Waals surface area (Å²) >= 11 is 0. The van der Waals surface area contributed by atoms with E-state index in [-0.39, 0.29) is 6.03 Å². The van der Waals surface area contributed by atoms with E-state index in [0.717, 1.165) is 33.6 Å². The molecular weight excluding hydrogens is 404 g/mol. The van der Waals surface area contributed by atoms with E-state index in [9.17, 15) is 4.79 Å². The SMILES string of the molecule is Cc1ccc(C)c(NC(=O)N2CCc3c(c(-c4nnc(-c5ccccc5)o4)nn3C)C2)c1. The van der Waals surface area contributed by atoms with Crippen LogP contribution in [0.1, 0.15) is 22.4 Å². The minimum Gasteiger partial charge on any atom is -0.415 e. The fourth-order valence-corrected chi connectivity index (χ4v) is 4.02. The van der Waals surface area contributed by atoms with E-state index in [1.54, 1.807) is 4.90 Å². The number of nitrogens with one attached hydrogen (secondary N) is 1. The summed E-state index contributed by atoms with van der Waals surface area (Å²) in [5.41, 5.74) is 6.46. The first-order valence-corrected chi connectivity index (χ1v) is 10.6. The highest BCUT2D eigenvalue weighted by molar-refractivity contribution is 5.90. The van der Waals surface area contributed by atoms with E-state index in [2.05, 4.69) is 20.6 Å². The third-order valence-electron chi connectivity index (χ3n) is 5.81. The highest BCUT2D eigenvalue weighted by atomic mass is 16.4. The second-order valence-corrected chi connectivity index (χ2v) is 8.10. The van der Waals surface area contributed by atoms with Crippen LogP contribution < -0.4 is 5.32 Å². The second kappa shape index (κ2) is 7.96. The molecule has 4 aromatic rings. The number of urea groups is 1. The van der Waals surface area contributed by atoms with Gasteiger partial charge in [0.05, 0.1) is 6.54 Å². The number of aryl methyl sites for hydroxylation is 3. The number of aromatic nitrogens is 4. The van der Waals surface area contributed by atoms with Crippen molar-refractivity contribution in [3.63, 3.8) is 0 Å². The number of hydrogen-bond donors (Lipinski definition) is 1. The van der Waals surface area contributed by atoms with Crippen molar-refractivity contribution in [3.05, 3.63) is 70.9 Å². The molecule has 2 aromatic carbocycles. The molecule has 8 nitrogen and oxygen atoms in total. The average molecular weight is 428 g/mol. The van der Waals surface area contributed by atoms with Crippen LogP contribution in [0.4, 0.5) is 10.5 Å². The van der Waals surface area contributed by atoms with Gasteiger partial charge in [0.2, 0.25) is 5.89 Å². The lowest BCUT2D eigenvalue weighted by molar-refractivity contribution is 0.206. The number of amides is 2. The molecule has 32 heavy (non-hydrogen) atoms. The number of benzene rings is 2. The molecule has 3 heterocycles. The zero-order valence-electron chi connectivity index (χ0n) is 18.3. The Morgan fingerprint density at radius 1 is 1.06 bits per heavy atom. The van der Waals surface area contributed by atoms with Crippen molar-refractivity contribution in [2.45, 2.75) is 26.8 Å². The zero-order valence-corrected chi connectivity index (χ0v) is 18.3. The summed E-state index contributed by atoms with van der Waals surface area (Å²) in [6.45, 7) is 5.04. The largest absolute Gasteiger partial charge is 0.415 e. The molecule has 0 radical (unpaired) electrons. The topological polar surface area (TPSA) is 89.1 Å². The molecule has 2 amide bonds. The van der Waals surface area contributed by atoms with Gasteiger partial charge in [-0.1, -0.05) is 30.3 Å². The van der Waals surface area contributed by atoms with Gasteiger partial charge in [-0.15, -0.1) is 10.2 Å². The van der Waals surface area contributed by atoms with E-state index in [4.69, 9.17) is 4.42 Å². The monoisotopic (exact) mass is 428 g/mol. The average Bonchev–Trinajstić information content (AvgIpc) is 3.41. The van der Waals surface area contributed by atoms with Gasteiger partial charge in [0.25, 0.3) is 5.89 Å². The lowest BCUT2D eigenvalue weighted by atomic mass is 10.1. The molecule has 0 spiro atoms. The van der Waals surface area contributed by atoms with Gasteiger partial charge in [-0.2, -0.15) is 5.10 Å². The lowest BCUT2D eigenvalue weighted by Crippen LogP contribution is -2.39. The number of nitrogens with zero attached hydrogens (tertiary/aromatic N) is 5. The first-order valence-electron chi connectivity index (χ1n) is 10.6. The van der Waals surface area contributed by atoms with Crippen LogP contribution in [0.25, 0.3) is 23.0 Å². The Morgan fingerprint density at radius 3 is 2.66 bits per heavy atom. The molecule has 5 rings (SSSR count). The van der Waals surface area contributed by atoms with Crippen LogP contribution in [0, 0.1) is 13.8 Å². The number of carbonyl (C=O) groups is 1. The van der Waals surface area contributed by atoms with Crippen LogP contribution >= 0.6 is 0 Å². The summed E-state index contributed by atoms with van der Waals surface area (Å²) in [4.78, 5) is 14.8. The van der Waals surface area contributed by atoms with Crippen LogP contribution in [-0.2, 0) is 20.0 Å². The summed E-state index contributed by atoms with van der Waals surface area (Å²) in [6.07, 6.45) is 0.707. The van der Waals surface area contributed by atoms with E-state index in [1.807, 2.05) is 74.1 Å². The Hall–Kier alpha value is -3.94. The van der Waals surface area contributed by atoms with Gasteiger partial charge in [-0.25, -0.2) is 4.79 Å². The molecule has 0 unspecified atom stereocenters. The predicted octanol–water partition coefficient (Wildman–Crippen LogP) is 4.34. The Kier molecular flexibility index (Phi) is 4.97. The summed E-state index contributed by atoms with van der Waals surface area (Å²) in [5, 5.41) is 16.1. The Labute approximate surface area is 185 Å². The van der Waals surface area contributed by atoms with E-state index in [1.165, 1.54) is 0 Å². The molecule has 0 saturated carbocycles. The molecule has 0 aliphatic carbocycles. The third-order valence-corrected chi connectivity index (χ3v) is 5.81. The molecule has 0 fully saturated rings. The van der Waals surface area contributed by atoms with Crippen LogP contribution in [0.5, 0.6) is 0 Å². The van der Waals surface area contributed by atoms with E-state index >= 15 is 0 Å². The smallest absolute Gasteiger partial charge is 0.322 e. The second-order valence-electron chi connectivity index (χ2n) is 8.10. The maximum atomic E-state index is 13.0. The summed E-state index contributed by atoms with van der Waals surface area (Å²) < 4.78 is 7.78. The number of fused-ring (bicyclic) bond motifs is 1. The van der Waals surface area contributed by atoms with Gasteiger partial charge < -0.3 is 14.6 Å². The van der Waals surface area contributed by atoms with Gasteiger partial charge in [-0.3, -0.25) is 4.68 Å². The molecular formula is C24H24N6O2. The first-order chi connectivity index (χ1) is 15.5. The molecule has 1 N–H and O–H groups in total. The maximum absolute atomic E-state index is 13.0. The fourth-order valence-electron chi connectivity index (χ4n) is 4.02. The molecule has 162 valence electrons. The number of rotatable bonds is 3. The number of anilines is 1. The summed E-state index contributed by atoms with van der Waals surface area (Å²) in [5.74, 6) is 0.804. The minimum absolute atomic E-state index is 0.130. The third kappa shape index (κ3) is 3.64. The van der Waals surface area contributed by atoms with Crippen molar-refractivity contribution in [2.75, 3.05) is 11.9 Å². The normalized spacial score (nSPS) is 13.2. The van der Waals surface area contributed by atoms with Crippen LogP contribution in [-0.4, -0.2) is 37.5 Å². The van der Waals surface area contributed by atoms with Gasteiger partial charge in [0, 0.05) is 42.5 Å². The van der Waals surface area contributed by atoms with E-state index < -0.39 is 0 Å². The molecule has 8 heteroatoms. The Bertz CT molecular complexity index is 1290. The summed E-state index contributed by atoms with van der Waals surface area (Å²) in [7, 11) is 1.91. The van der Waals surface area contributed by atoms with Crippen molar-refractivity contribution in [1.29, 1.82) is 0 Å². The minimum atomic E-state index is -0.130. The van der Waals surface area contributed by atoms with Gasteiger partial charge in [-0.05, 0) is 43.2 Å². The predicted molar refractivity (Wildman–Crippen MR) is 121 cm³/mol. The molecule has 2 aromatic heterocycles. The van der Waals surface area contributed by atoms with Crippen molar-refractivity contribution >= 4 is 11.7 Å². The van der Waals surface area contributed by atoms with Crippen molar-refractivity contribution in [2.24, 2.45) is 7.05 Å². The van der Waals surface area contributed by atoms with Crippen LogP contribution in [0.3, 0.4) is 0 Å². The molecule has 0 saturated heterocycles. The standard InChI is InChI=1S/C24H24N6O2/c1-15-9-10-16(2)19(13-15)25-24(31)30-12-11-20-18(14-30)21(28-29(20)3)23-27-26-22(32-23)17-7-5-4-6-8-17/h4-10,13H,11-12,14H2,1-3H3,(H,25,31). The van der Waals surface area contributed by atoms with E-state index in [0.29, 0.717) is 37.0 Å². The van der Waals surface area contributed by atoms with Crippen molar-refractivity contribution in [1.82, 2.24) is 24.9 Å². The zero-order chi connectivity index (χ0) is 22.2. The Balaban J connectivity index is 1.41. The Morgan fingerprint density at radius 2 is 1.84 bits per heavy atom. The summed E-state index contributed by atoms with van der Waals surface area (Å²) in [6, 6.07) is 15.5. The fraction of sp³-hybridized carbons (Fsp3) is 0.250. The van der Waals surface area contributed by atoms with Gasteiger partial charge in [0.15, 0.2) is 5.69 Å². The molecule has 0 bridgehead atoms. The molecule has 1 aliphatic heterocycles. The number of carbonyl (C=O) groups excluding carboxylic acids is 1. The van der Waals surface area contributed by atoms with Crippen LogP contribution in [0.15, 0.2) is 52.9 Å². The number of hydrogen-bond acceptors (Lipinski definition) is 5. The lowest BCUT2D eigenvalue weighted by Gasteiger charge is -2.28. The first kappa shape index (κ1) is 20.0. The maximum Gasteiger partial charge on any atom is 0.322 e. The molecule has 0 atom stereocenters. The van der Waals surface area contributed by atoms with Crippen molar-refractivity contribution < 1.29 is 9.21 Å². The van der Waals surface area contributed by atoms with Gasteiger partial charge in [0.1, 0.15) is 0 Å². The highest BCUT2D eigenvalue weighted by Gasteiger charge is 2.29. The van der Waals surface area contributed by atoms with Crippen LogP contribution in [0.2, 0.25) is 0 Å². The van der Waals surface area contributed by atoms with Crippen molar-refractivity contribution in [3.8, 4) is 23.0 Å². The highest BCUT2D eigenvalue weighted by Crippen LogP contribution is 2.31. The molecule has 1 aliphatic rings. The van der Waals surface area contributed by atoms with Gasteiger partial charge >= 0.3 is 6.03 Å². The quantitative estimate of drug-likeness (QED) is 0.524.